The van der Waals surface area contributed by atoms with E-state index >= 15 is 0 Å². The summed E-state index contributed by atoms with van der Waals surface area (Å²) in [5, 5.41) is 0. The molecule has 3 rings (SSSR count). The molecule has 0 aliphatic heterocycles. The van der Waals surface area contributed by atoms with Crippen LogP contribution in [0.3, 0.4) is 0 Å². The minimum absolute atomic E-state index is 0.0673. The number of nitrogens with zero attached hydrogens (tertiary/aromatic N) is 1. The normalized spacial score (nSPS) is 11.2. The maximum atomic E-state index is 13.8. The lowest BCUT2D eigenvalue weighted by atomic mass is 10.3. The van der Waals surface area contributed by atoms with Crippen LogP contribution in [-0.4, -0.2) is 13.4 Å². The predicted molar refractivity (Wildman–Crippen MR) is 92.1 cm³/mol. The molecule has 0 unspecified atom stereocenters. The van der Waals surface area contributed by atoms with E-state index in [-0.39, 0.29) is 12.3 Å². The molecule has 140 valence electrons. The van der Waals surface area contributed by atoms with Crippen molar-refractivity contribution in [2.45, 2.75) is 11.5 Å². The van der Waals surface area contributed by atoms with Crippen LogP contribution in [0.1, 0.15) is 5.69 Å². The molecular formula is C18H13F3N2O3S. The van der Waals surface area contributed by atoms with Gasteiger partial charge < -0.3 is 4.74 Å². The van der Waals surface area contributed by atoms with Crippen molar-refractivity contribution in [3.05, 3.63) is 83.9 Å². The standard InChI is InChI=1S/C18H13F3N2O3S/c19-15-7-8-16(18(21)17(15)20)27(24,25)23-12-5-3-6-14(10-12)26-11-13-4-1-2-9-22-13/h1-10,23H,11H2. The van der Waals surface area contributed by atoms with E-state index in [1.807, 2.05) is 0 Å². The molecule has 1 heterocycles. The van der Waals surface area contributed by atoms with Gasteiger partial charge in [0.05, 0.1) is 11.4 Å². The van der Waals surface area contributed by atoms with Crippen LogP contribution >= 0.6 is 0 Å². The van der Waals surface area contributed by atoms with E-state index in [9.17, 15) is 21.6 Å². The maximum Gasteiger partial charge on any atom is 0.264 e. The van der Waals surface area contributed by atoms with Crippen molar-refractivity contribution in [3.63, 3.8) is 0 Å². The van der Waals surface area contributed by atoms with Crippen molar-refractivity contribution in [3.8, 4) is 5.75 Å². The molecule has 0 aliphatic rings. The van der Waals surface area contributed by atoms with Crippen LogP contribution in [0.2, 0.25) is 0 Å². The monoisotopic (exact) mass is 394 g/mol. The Kier molecular flexibility index (Phi) is 5.31. The quantitative estimate of drug-likeness (QED) is 0.645. The lowest BCUT2D eigenvalue weighted by Crippen LogP contribution is -2.16. The van der Waals surface area contributed by atoms with Crippen LogP contribution in [0.15, 0.2) is 65.7 Å². The zero-order valence-electron chi connectivity index (χ0n) is 13.7. The van der Waals surface area contributed by atoms with E-state index in [2.05, 4.69) is 9.71 Å². The molecule has 27 heavy (non-hydrogen) atoms. The molecule has 0 saturated carbocycles. The molecular weight excluding hydrogens is 381 g/mol. The number of anilines is 1. The fraction of sp³-hybridized carbons (Fsp3) is 0.0556. The molecule has 0 saturated heterocycles. The van der Waals surface area contributed by atoms with Crippen molar-refractivity contribution < 1.29 is 26.3 Å². The third-order valence-corrected chi connectivity index (χ3v) is 4.89. The van der Waals surface area contributed by atoms with Crippen LogP contribution in [0.4, 0.5) is 18.9 Å². The second-order valence-electron chi connectivity index (χ2n) is 5.42. The molecule has 2 aromatic carbocycles. The number of pyridine rings is 1. The highest BCUT2D eigenvalue weighted by molar-refractivity contribution is 7.92. The summed E-state index contributed by atoms with van der Waals surface area (Å²) in [5.74, 6) is -4.78. The molecule has 0 bridgehead atoms. The first kappa shape index (κ1) is 18.7. The molecule has 0 radical (unpaired) electrons. The first-order chi connectivity index (χ1) is 12.9. The molecule has 0 spiro atoms. The Balaban J connectivity index is 1.78. The highest BCUT2D eigenvalue weighted by Gasteiger charge is 2.24. The summed E-state index contributed by atoms with van der Waals surface area (Å²) >= 11 is 0. The zero-order valence-corrected chi connectivity index (χ0v) is 14.5. The molecule has 3 aromatic rings. The number of aromatic nitrogens is 1. The van der Waals surface area contributed by atoms with Gasteiger partial charge in [0.2, 0.25) is 0 Å². The Bertz CT molecular complexity index is 1060. The Morgan fingerprint density at radius 1 is 0.963 bits per heavy atom. The van der Waals surface area contributed by atoms with Crippen LogP contribution in [-0.2, 0) is 16.6 Å². The molecule has 5 nitrogen and oxygen atoms in total. The SMILES string of the molecule is O=S(=O)(Nc1cccc(OCc2ccccn2)c1)c1ccc(F)c(F)c1F. The number of halogens is 3. The van der Waals surface area contributed by atoms with Crippen LogP contribution in [0, 0.1) is 17.5 Å². The van der Waals surface area contributed by atoms with Crippen LogP contribution in [0.5, 0.6) is 5.75 Å². The van der Waals surface area contributed by atoms with Crippen molar-refractivity contribution in [1.82, 2.24) is 4.98 Å². The van der Waals surface area contributed by atoms with Gasteiger partial charge in [0.15, 0.2) is 17.5 Å². The van der Waals surface area contributed by atoms with Crippen molar-refractivity contribution in [2.75, 3.05) is 4.72 Å². The Labute approximate surface area is 153 Å². The summed E-state index contributed by atoms with van der Waals surface area (Å²) in [4.78, 5) is 3.10. The van der Waals surface area contributed by atoms with Gasteiger partial charge in [0.1, 0.15) is 17.3 Å². The van der Waals surface area contributed by atoms with Crippen molar-refractivity contribution >= 4 is 15.7 Å². The molecule has 0 amide bonds. The summed E-state index contributed by atoms with van der Waals surface area (Å²) in [6.45, 7) is 0.162. The summed E-state index contributed by atoms with van der Waals surface area (Å²) in [6.07, 6.45) is 1.61. The highest BCUT2D eigenvalue weighted by Crippen LogP contribution is 2.24. The van der Waals surface area contributed by atoms with E-state index < -0.39 is 32.4 Å². The second kappa shape index (κ2) is 7.67. The predicted octanol–water partition coefficient (Wildman–Crippen LogP) is 3.88. The third-order valence-electron chi connectivity index (χ3n) is 3.49. The van der Waals surface area contributed by atoms with E-state index in [1.165, 1.54) is 18.2 Å². The van der Waals surface area contributed by atoms with E-state index in [0.717, 1.165) is 0 Å². The fourth-order valence-corrected chi connectivity index (χ4v) is 3.34. The van der Waals surface area contributed by atoms with Gasteiger partial charge in [-0.1, -0.05) is 12.1 Å². The summed E-state index contributed by atoms with van der Waals surface area (Å²) in [6, 6.07) is 12.4. The van der Waals surface area contributed by atoms with Gasteiger partial charge in [-0.25, -0.2) is 21.6 Å². The summed E-state index contributed by atoms with van der Waals surface area (Å²) in [5.41, 5.74) is 0.741. The fourth-order valence-electron chi connectivity index (χ4n) is 2.22. The number of rotatable bonds is 6. The average Bonchev–Trinajstić information content (AvgIpc) is 2.65. The number of sulfonamides is 1. The molecule has 1 N–H and O–H groups in total. The zero-order chi connectivity index (χ0) is 19.4. The van der Waals surface area contributed by atoms with Gasteiger partial charge in [0, 0.05) is 12.3 Å². The molecule has 1 aromatic heterocycles. The minimum atomic E-state index is -4.47. The van der Waals surface area contributed by atoms with E-state index in [1.54, 1.807) is 30.5 Å². The topological polar surface area (TPSA) is 68.3 Å². The number of nitrogens with one attached hydrogen (secondary N) is 1. The van der Waals surface area contributed by atoms with Gasteiger partial charge in [-0.15, -0.1) is 0 Å². The van der Waals surface area contributed by atoms with Crippen LogP contribution in [0.25, 0.3) is 0 Å². The Morgan fingerprint density at radius 3 is 2.52 bits per heavy atom. The first-order valence-electron chi connectivity index (χ1n) is 7.66. The first-order valence-corrected chi connectivity index (χ1v) is 9.14. The molecule has 0 atom stereocenters. The molecule has 0 aliphatic carbocycles. The van der Waals surface area contributed by atoms with Crippen molar-refractivity contribution in [1.29, 1.82) is 0 Å². The second-order valence-corrected chi connectivity index (χ2v) is 7.07. The lowest BCUT2D eigenvalue weighted by molar-refractivity contribution is 0.301. The summed E-state index contributed by atoms with van der Waals surface area (Å²) in [7, 11) is -4.47. The average molecular weight is 394 g/mol. The van der Waals surface area contributed by atoms with E-state index in [0.29, 0.717) is 23.6 Å². The van der Waals surface area contributed by atoms with Gasteiger partial charge in [-0.2, -0.15) is 0 Å². The summed E-state index contributed by atoms with van der Waals surface area (Å²) < 4.78 is 72.3. The smallest absolute Gasteiger partial charge is 0.264 e. The van der Waals surface area contributed by atoms with Gasteiger partial charge >= 0.3 is 0 Å². The number of benzene rings is 2. The number of ether oxygens (including phenoxy) is 1. The third kappa shape index (κ3) is 4.37. The largest absolute Gasteiger partial charge is 0.487 e. The van der Waals surface area contributed by atoms with Gasteiger partial charge in [-0.05, 0) is 36.4 Å². The minimum Gasteiger partial charge on any atom is -0.487 e. The Hall–Kier alpha value is -3.07. The highest BCUT2D eigenvalue weighted by atomic mass is 32.2. The Morgan fingerprint density at radius 2 is 1.78 bits per heavy atom. The van der Waals surface area contributed by atoms with Crippen LogP contribution < -0.4 is 9.46 Å². The van der Waals surface area contributed by atoms with Gasteiger partial charge in [0.25, 0.3) is 10.0 Å². The molecule has 0 fully saturated rings. The molecule has 9 heteroatoms. The van der Waals surface area contributed by atoms with Crippen molar-refractivity contribution in [2.24, 2.45) is 0 Å². The number of hydrogen-bond acceptors (Lipinski definition) is 4. The van der Waals surface area contributed by atoms with Gasteiger partial charge in [-0.3, -0.25) is 9.71 Å². The van der Waals surface area contributed by atoms with E-state index in [4.69, 9.17) is 4.74 Å². The lowest BCUT2D eigenvalue weighted by Gasteiger charge is -2.11. The maximum absolute atomic E-state index is 13.8. The number of hydrogen-bond donors (Lipinski definition) is 1.